The van der Waals surface area contributed by atoms with E-state index in [1.165, 1.54) is 6.08 Å². The van der Waals surface area contributed by atoms with E-state index in [2.05, 4.69) is 0 Å². The lowest BCUT2D eigenvalue weighted by Gasteiger charge is -2.01. The first-order valence-electron chi connectivity index (χ1n) is 5.33. The monoisotopic (exact) mass is 278 g/mol. The van der Waals surface area contributed by atoms with Gasteiger partial charge in [-0.2, -0.15) is 0 Å². The second kappa shape index (κ2) is 5.38. The number of hydrogen-bond acceptors (Lipinski definition) is 2. The van der Waals surface area contributed by atoms with E-state index in [9.17, 15) is 8.42 Å². The van der Waals surface area contributed by atoms with Gasteiger partial charge in [-0.1, -0.05) is 54.6 Å². The Morgan fingerprint density at radius 1 is 0.833 bits per heavy atom. The summed E-state index contributed by atoms with van der Waals surface area (Å²) in [4.78, 5) is 0. The average Bonchev–Trinajstić information content (AvgIpc) is 2.37. The third kappa shape index (κ3) is 3.72. The summed E-state index contributed by atoms with van der Waals surface area (Å²) in [6.07, 6.45) is 1.47. The van der Waals surface area contributed by atoms with Gasteiger partial charge in [0.2, 0.25) is 0 Å². The lowest BCUT2D eigenvalue weighted by molar-refractivity contribution is 0.617. The standard InChI is InChI=1S/C14H11ClO2S/c15-18(16,17)11-10-12-6-8-14(9-7-12)13-4-2-1-3-5-13/h1-11H. The van der Waals surface area contributed by atoms with Crippen molar-refractivity contribution in [2.75, 3.05) is 0 Å². The molecule has 0 aliphatic carbocycles. The molecule has 2 aromatic carbocycles. The molecule has 2 nitrogen and oxygen atoms in total. The minimum absolute atomic E-state index is 0.791. The molecular weight excluding hydrogens is 268 g/mol. The second-order valence-corrected chi connectivity index (χ2v) is 6.28. The third-order valence-electron chi connectivity index (χ3n) is 2.44. The molecule has 0 fully saturated rings. The molecule has 0 unspecified atom stereocenters. The van der Waals surface area contributed by atoms with Gasteiger partial charge in [0, 0.05) is 16.1 Å². The van der Waals surface area contributed by atoms with Crippen molar-refractivity contribution < 1.29 is 8.42 Å². The quantitative estimate of drug-likeness (QED) is 0.798. The molecule has 0 spiro atoms. The van der Waals surface area contributed by atoms with Crippen molar-refractivity contribution >= 4 is 25.8 Å². The van der Waals surface area contributed by atoms with Gasteiger partial charge >= 0.3 is 0 Å². The molecule has 4 heteroatoms. The number of benzene rings is 2. The molecule has 0 heterocycles. The van der Waals surface area contributed by atoms with Gasteiger partial charge in [-0.25, -0.2) is 8.42 Å². The molecule has 0 amide bonds. The molecule has 0 radical (unpaired) electrons. The van der Waals surface area contributed by atoms with E-state index in [0.717, 1.165) is 22.1 Å². The minimum atomic E-state index is -3.59. The maximum Gasteiger partial charge on any atom is 0.254 e. The zero-order chi connectivity index (χ0) is 13.0. The molecule has 0 atom stereocenters. The molecule has 0 saturated heterocycles. The van der Waals surface area contributed by atoms with Gasteiger partial charge in [0.25, 0.3) is 9.05 Å². The largest absolute Gasteiger partial charge is 0.254 e. The first kappa shape index (κ1) is 12.9. The van der Waals surface area contributed by atoms with E-state index in [-0.39, 0.29) is 0 Å². The number of rotatable bonds is 3. The fourth-order valence-corrected chi connectivity index (χ4v) is 2.05. The Morgan fingerprint density at radius 2 is 1.39 bits per heavy atom. The van der Waals surface area contributed by atoms with Crippen molar-refractivity contribution in [2.45, 2.75) is 0 Å². The van der Waals surface area contributed by atoms with Crippen molar-refractivity contribution in [3.05, 3.63) is 65.6 Å². The molecule has 92 valence electrons. The normalized spacial score (nSPS) is 11.8. The second-order valence-electron chi connectivity index (χ2n) is 3.77. The molecule has 2 aromatic rings. The molecule has 0 N–H and O–H groups in total. The van der Waals surface area contributed by atoms with Crippen LogP contribution in [-0.4, -0.2) is 8.42 Å². The predicted octanol–water partition coefficient (Wildman–Crippen LogP) is 3.89. The van der Waals surface area contributed by atoms with Gasteiger partial charge in [0.15, 0.2) is 0 Å². The third-order valence-corrected chi connectivity index (χ3v) is 3.21. The summed E-state index contributed by atoms with van der Waals surface area (Å²) in [5.74, 6) is 0. The summed E-state index contributed by atoms with van der Waals surface area (Å²) >= 11 is 0. The highest BCUT2D eigenvalue weighted by atomic mass is 35.7. The Kier molecular flexibility index (Phi) is 3.84. The van der Waals surface area contributed by atoms with Crippen LogP contribution >= 0.6 is 10.7 Å². The molecule has 0 aromatic heterocycles. The summed E-state index contributed by atoms with van der Waals surface area (Å²) < 4.78 is 21.5. The van der Waals surface area contributed by atoms with Gasteiger partial charge < -0.3 is 0 Å². The van der Waals surface area contributed by atoms with Crippen LogP contribution in [0, 0.1) is 0 Å². The van der Waals surface area contributed by atoms with Crippen LogP contribution in [0.5, 0.6) is 0 Å². The summed E-state index contributed by atoms with van der Waals surface area (Å²) in [7, 11) is 1.50. The molecule has 0 bridgehead atoms. The smallest absolute Gasteiger partial charge is 0.208 e. The zero-order valence-corrected chi connectivity index (χ0v) is 11.0. The van der Waals surface area contributed by atoms with Gasteiger partial charge in [0.05, 0.1) is 0 Å². The fraction of sp³-hybridized carbons (Fsp3) is 0. The maximum atomic E-state index is 10.8. The number of hydrogen-bond donors (Lipinski definition) is 0. The Morgan fingerprint density at radius 3 is 1.94 bits per heavy atom. The van der Waals surface area contributed by atoms with Crippen LogP contribution in [0.4, 0.5) is 0 Å². The van der Waals surface area contributed by atoms with Crippen LogP contribution in [0.3, 0.4) is 0 Å². The van der Waals surface area contributed by atoms with Crippen LogP contribution in [0.15, 0.2) is 60.0 Å². The highest BCUT2D eigenvalue weighted by molar-refractivity contribution is 8.16. The van der Waals surface area contributed by atoms with E-state index < -0.39 is 9.05 Å². The van der Waals surface area contributed by atoms with Crippen LogP contribution in [0.1, 0.15) is 5.56 Å². The summed E-state index contributed by atoms with van der Waals surface area (Å²) in [6.45, 7) is 0. The summed E-state index contributed by atoms with van der Waals surface area (Å²) in [6, 6.07) is 17.5. The van der Waals surface area contributed by atoms with Crippen molar-refractivity contribution in [1.82, 2.24) is 0 Å². The van der Waals surface area contributed by atoms with E-state index in [4.69, 9.17) is 10.7 Å². The molecule has 18 heavy (non-hydrogen) atoms. The topological polar surface area (TPSA) is 34.1 Å². The van der Waals surface area contributed by atoms with Crippen molar-refractivity contribution in [3.8, 4) is 11.1 Å². The van der Waals surface area contributed by atoms with Crippen LogP contribution in [-0.2, 0) is 9.05 Å². The van der Waals surface area contributed by atoms with Gasteiger partial charge in [-0.15, -0.1) is 0 Å². The maximum absolute atomic E-state index is 10.8. The first-order valence-corrected chi connectivity index (χ1v) is 7.70. The molecule has 0 aliphatic heterocycles. The van der Waals surface area contributed by atoms with Crippen LogP contribution in [0.2, 0.25) is 0 Å². The summed E-state index contributed by atoms with van der Waals surface area (Å²) in [5, 5.41) is 0.978. The van der Waals surface area contributed by atoms with Crippen molar-refractivity contribution in [3.63, 3.8) is 0 Å². The van der Waals surface area contributed by atoms with Gasteiger partial charge in [-0.05, 0) is 22.8 Å². The highest BCUT2D eigenvalue weighted by Crippen LogP contribution is 2.19. The molecular formula is C14H11ClO2S. The van der Waals surface area contributed by atoms with E-state index in [1.54, 1.807) is 0 Å². The fourth-order valence-electron chi connectivity index (χ4n) is 1.58. The van der Waals surface area contributed by atoms with E-state index >= 15 is 0 Å². The Hall–Kier alpha value is -1.58. The Bertz CT molecular complexity index is 644. The van der Waals surface area contributed by atoms with E-state index in [1.807, 2.05) is 54.6 Å². The molecule has 2 rings (SSSR count). The lowest BCUT2D eigenvalue weighted by atomic mass is 10.0. The van der Waals surface area contributed by atoms with Crippen LogP contribution in [0.25, 0.3) is 17.2 Å². The lowest BCUT2D eigenvalue weighted by Crippen LogP contribution is -1.81. The number of halogens is 1. The first-order chi connectivity index (χ1) is 8.54. The minimum Gasteiger partial charge on any atom is -0.208 e. The van der Waals surface area contributed by atoms with Crippen molar-refractivity contribution in [1.29, 1.82) is 0 Å². The van der Waals surface area contributed by atoms with Gasteiger partial charge in [-0.3, -0.25) is 0 Å². The van der Waals surface area contributed by atoms with E-state index in [0.29, 0.717) is 0 Å². The molecule has 0 aliphatic rings. The molecule has 0 saturated carbocycles. The predicted molar refractivity (Wildman–Crippen MR) is 75.7 cm³/mol. The average molecular weight is 279 g/mol. The highest BCUT2D eigenvalue weighted by Gasteiger charge is 1.98. The van der Waals surface area contributed by atoms with Crippen molar-refractivity contribution in [2.24, 2.45) is 0 Å². The Labute approximate surface area is 111 Å². The SMILES string of the molecule is O=S(=O)(Cl)C=Cc1ccc(-c2ccccc2)cc1. The van der Waals surface area contributed by atoms with Crippen LogP contribution < -0.4 is 0 Å². The zero-order valence-electron chi connectivity index (χ0n) is 9.45. The summed E-state index contributed by atoms with van der Waals surface area (Å²) in [5.41, 5.74) is 3.00. The Balaban J connectivity index is 2.24. The van der Waals surface area contributed by atoms with Gasteiger partial charge in [0.1, 0.15) is 0 Å².